The Balaban J connectivity index is 2.18. The maximum Gasteiger partial charge on any atom is 0.251 e. The standard InChI is InChI=1S/C16H25BrN4O/c1-12(2)7-10-21-16(18)20-9-4-8-19-15(22)13-5-3-6-14(17)11-13/h3,5-6,11-12H,4,7-10H2,1-2H3,(H,19,22)(H3,18,20,21). The molecule has 0 atom stereocenters. The summed E-state index contributed by atoms with van der Waals surface area (Å²) in [6, 6.07) is 7.31. The summed E-state index contributed by atoms with van der Waals surface area (Å²) in [6.07, 6.45) is 1.82. The van der Waals surface area contributed by atoms with Gasteiger partial charge in [0.2, 0.25) is 0 Å². The van der Waals surface area contributed by atoms with Crippen LogP contribution in [0.4, 0.5) is 0 Å². The van der Waals surface area contributed by atoms with Gasteiger partial charge in [0.1, 0.15) is 0 Å². The molecule has 0 spiro atoms. The minimum absolute atomic E-state index is 0.0756. The van der Waals surface area contributed by atoms with E-state index in [-0.39, 0.29) is 5.91 Å². The Morgan fingerprint density at radius 2 is 2.09 bits per heavy atom. The normalized spacial score (nSPS) is 11.5. The van der Waals surface area contributed by atoms with Gasteiger partial charge in [-0.25, -0.2) is 0 Å². The third-order valence-electron chi connectivity index (χ3n) is 3.02. The van der Waals surface area contributed by atoms with Gasteiger partial charge in [0.25, 0.3) is 5.91 Å². The Labute approximate surface area is 140 Å². The lowest BCUT2D eigenvalue weighted by molar-refractivity contribution is 0.0953. The molecule has 1 aromatic rings. The molecule has 5 nitrogen and oxygen atoms in total. The van der Waals surface area contributed by atoms with Gasteiger partial charge < -0.3 is 16.4 Å². The predicted octanol–water partition coefficient (Wildman–Crippen LogP) is 2.52. The zero-order valence-electron chi connectivity index (χ0n) is 13.2. The van der Waals surface area contributed by atoms with Crippen molar-refractivity contribution in [2.24, 2.45) is 16.6 Å². The van der Waals surface area contributed by atoms with Crippen LogP contribution in [-0.2, 0) is 0 Å². The lowest BCUT2D eigenvalue weighted by Crippen LogP contribution is -2.33. The molecule has 0 saturated heterocycles. The molecule has 6 heteroatoms. The third-order valence-corrected chi connectivity index (χ3v) is 3.51. The number of halogens is 1. The van der Waals surface area contributed by atoms with E-state index in [0.29, 0.717) is 30.5 Å². The number of benzene rings is 1. The summed E-state index contributed by atoms with van der Waals surface area (Å²) >= 11 is 3.35. The number of guanidine groups is 1. The molecule has 0 aliphatic rings. The summed E-state index contributed by atoms with van der Waals surface area (Å²) in [5.74, 6) is 1.04. The lowest BCUT2D eigenvalue weighted by atomic mass is 10.1. The van der Waals surface area contributed by atoms with Crippen LogP contribution in [-0.4, -0.2) is 31.5 Å². The zero-order valence-corrected chi connectivity index (χ0v) is 14.8. The number of hydrogen-bond donors (Lipinski definition) is 3. The van der Waals surface area contributed by atoms with Crippen molar-refractivity contribution in [2.45, 2.75) is 26.7 Å². The van der Waals surface area contributed by atoms with Crippen molar-refractivity contribution in [3.05, 3.63) is 34.3 Å². The Bertz CT molecular complexity index is 503. The molecule has 0 bridgehead atoms. The van der Waals surface area contributed by atoms with Crippen molar-refractivity contribution in [2.75, 3.05) is 19.6 Å². The largest absolute Gasteiger partial charge is 0.370 e. The maximum absolute atomic E-state index is 11.9. The average molecular weight is 369 g/mol. The number of hydrogen-bond acceptors (Lipinski definition) is 2. The summed E-state index contributed by atoms with van der Waals surface area (Å²) in [4.78, 5) is 16.1. The van der Waals surface area contributed by atoms with E-state index < -0.39 is 0 Å². The fourth-order valence-corrected chi connectivity index (χ4v) is 2.16. The van der Waals surface area contributed by atoms with Gasteiger partial charge in [0.05, 0.1) is 0 Å². The Morgan fingerprint density at radius 3 is 2.77 bits per heavy atom. The molecule has 0 aliphatic carbocycles. The number of carbonyl (C=O) groups excluding carboxylic acids is 1. The molecule has 0 heterocycles. The number of nitrogens with two attached hydrogens (primary N) is 1. The molecule has 0 aromatic heterocycles. The Morgan fingerprint density at radius 1 is 1.32 bits per heavy atom. The van der Waals surface area contributed by atoms with Crippen molar-refractivity contribution in [3.8, 4) is 0 Å². The van der Waals surface area contributed by atoms with E-state index in [1.54, 1.807) is 12.1 Å². The van der Waals surface area contributed by atoms with Gasteiger partial charge in [-0.05, 0) is 37.0 Å². The molecule has 0 radical (unpaired) electrons. The molecular weight excluding hydrogens is 344 g/mol. The molecule has 0 aliphatic heterocycles. The summed E-state index contributed by atoms with van der Waals surface area (Å²) < 4.78 is 0.894. The minimum atomic E-state index is -0.0756. The summed E-state index contributed by atoms with van der Waals surface area (Å²) in [6.45, 7) is 6.35. The number of nitrogens with zero attached hydrogens (tertiary/aromatic N) is 1. The third kappa shape index (κ3) is 8.02. The second-order valence-electron chi connectivity index (χ2n) is 5.50. The molecule has 122 valence electrons. The molecule has 1 amide bonds. The van der Waals surface area contributed by atoms with Gasteiger partial charge in [-0.1, -0.05) is 35.8 Å². The highest BCUT2D eigenvalue weighted by molar-refractivity contribution is 9.10. The van der Waals surface area contributed by atoms with Gasteiger partial charge in [-0.15, -0.1) is 0 Å². The summed E-state index contributed by atoms with van der Waals surface area (Å²) in [7, 11) is 0. The number of carbonyl (C=O) groups is 1. The topological polar surface area (TPSA) is 79.5 Å². The van der Waals surface area contributed by atoms with Crippen LogP contribution in [0.25, 0.3) is 0 Å². The van der Waals surface area contributed by atoms with Crippen molar-refractivity contribution in [1.82, 2.24) is 10.6 Å². The molecule has 1 rings (SSSR count). The van der Waals surface area contributed by atoms with Gasteiger partial charge in [-0.3, -0.25) is 9.79 Å². The van der Waals surface area contributed by atoms with Crippen LogP contribution in [0.5, 0.6) is 0 Å². The summed E-state index contributed by atoms with van der Waals surface area (Å²) in [5.41, 5.74) is 6.40. The van der Waals surface area contributed by atoms with Crippen LogP contribution in [0, 0.1) is 5.92 Å². The van der Waals surface area contributed by atoms with Crippen molar-refractivity contribution in [1.29, 1.82) is 0 Å². The molecule has 0 unspecified atom stereocenters. The van der Waals surface area contributed by atoms with E-state index in [1.165, 1.54) is 0 Å². The quantitative estimate of drug-likeness (QED) is 0.374. The number of nitrogens with one attached hydrogen (secondary N) is 2. The lowest BCUT2D eigenvalue weighted by Gasteiger charge is -2.08. The number of amides is 1. The van der Waals surface area contributed by atoms with Crippen LogP contribution in [0.15, 0.2) is 33.7 Å². The van der Waals surface area contributed by atoms with Crippen LogP contribution >= 0.6 is 15.9 Å². The first-order valence-corrected chi connectivity index (χ1v) is 8.36. The van der Waals surface area contributed by atoms with Crippen LogP contribution in [0.1, 0.15) is 37.0 Å². The molecule has 0 fully saturated rings. The van der Waals surface area contributed by atoms with Crippen molar-refractivity contribution >= 4 is 27.8 Å². The first-order valence-electron chi connectivity index (χ1n) is 7.56. The number of rotatable bonds is 8. The fourth-order valence-electron chi connectivity index (χ4n) is 1.76. The van der Waals surface area contributed by atoms with E-state index in [0.717, 1.165) is 23.9 Å². The Kier molecular flexibility index (Phi) is 8.58. The average Bonchev–Trinajstić information content (AvgIpc) is 2.46. The van der Waals surface area contributed by atoms with Crippen LogP contribution < -0.4 is 16.4 Å². The van der Waals surface area contributed by atoms with E-state index in [9.17, 15) is 4.79 Å². The van der Waals surface area contributed by atoms with Crippen molar-refractivity contribution < 1.29 is 4.79 Å². The zero-order chi connectivity index (χ0) is 16.4. The smallest absolute Gasteiger partial charge is 0.251 e. The van der Waals surface area contributed by atoms with Gasteiger partial charge in [0.15, 0.2) is 5.96 Å². The molecule has 4 N–H and O–H groups in total. The van der Waals surface area contributed by atoms with Crippen LogP contribution in [0.2, 0.25) is 0 Å². The van der Waals surface area contributed by atoms with E-state index in [4.69, 9.17) is 5.73 Å². The molecule has 0 saturated carbocycles. The number of aliphatic imine (C=N–C) groups is 1. The first-order chi connectivity index (χ1) is 10.5. The summed E-state index contributed by atoms with van der Waals surface area (Å²) in [5, 5.41) is 5.95. The minimum Gasteiger partial charge on any atom is -0.370 e. The molecule has 1 aromatic carbocycles. The van der Waals surface area contributed by atoms with Gasteiger partial charge in [-0.2, -0.15) is 0 Å². The Hall–Kier alpha value is -1.56. The maximum atomic E-state index is 11.9. The highest BCUT2D eigenvalue weighted by Gasteiger charge is 2.04. The first kappa shape index (κ1) is 18.5. The highest BCUT2D eigenvalue weighted by atomic mass is 79.9. The second-order valence-corrected chi connectivity index (χ2v) is 6.41. The molecule has 22 heavy (non-hydrogen) atoms. The van der Waals surface area contributed by atoms with E-state index >= 15 is 0 Å². The SMILES string of the molecule is CC(C)CCNC(N)=NCCCNC(=O)c1cccc(Br)c1. The predicted molar refractivity (Wildman–Crippen MR) is 95.0 cm³/mol. The highest BCUT2D eigenvalue weighted by Crippen LogP contribution is 2.11. The second kappa shape index (κ2) is 10.2. The van der Waals surface area contributed by atoms with Crippen molar-refractivity contribution in [3.63, 3.8) is 0 Å². The van der Waals surface area contributed by atoms with E-state index in [2.05, 4.69) is 45.4 Å². The van der Waals surface area contributed by atoms with Gasteiger partial charge >= 0.3 is 0 Å². The van der Waals surface area contributed by atoms with E-state index in [1.807, 2.05) is 12.1 Å². The molecular formula is C16H25BrN4O. The van der Waals surface area contributed by atoms with Gasteiger partial charge in [0, 0.05) is 29.7 Å². The fraction of sp³-hybridized carbons (Fsp3) is 0.500. The monoisotopic (exact) mass is 368 g/mol. The van der Waals surface area contributed by atoms with Crippen LogP contribution in [0.3, 0.4) is 0 Å².